The molecule has 2 fully saturated rings. The summed E-state index contributed by atoms with van der Waals surface area (Å²) in [5.41, 5.74) is 1.15. The number of aryl methyl sites for hydroxylation is 1. The van der Waals surface area contributed by atoms with Gasteiger partial charge in [0.1, 0.15) is 5.75 Å². The zero-order valence-electron chi connectivity index (χ0n) is 16.3. The van der Waals surface area contributed by atoms with Gasteiger partial charge >= 0.3 is 0 Å². The first kappa shape index (κ1) is 19.6. The molecule has 2 aliphatic heterocycles. The second kappa shape index (κ2) is 8.71. The van der Waals surface area contributed by atoms with Gasteiger partial charge in [-0.25, -0.2) is 0 Å². The van der Waals surface area contributed by atoms with Crippen molar-refractivity contribution in [2.75, 3.05) is 40.4 Å². The average molecular weight is 375 g/mol. The number of morpholine rings is 1. The van der Waals surface area contributed by atoms with Crippen molar-refractivity contribution < 1.29 is 19.1 Å². The summed E-state index contributed by atoms with van der Waals surface area (Å²) in [6.45, 7) is 4.15. The van der Waals surface area contributed by atoms with Crippen LogP contribution in [0, 0.1) is 6.92 Å². The Labute approximate surface area is 160 Å². The van der Waals surface area contributed by atoms with E-state index in [0.29, 0.717) is 24.8 Å². The van der Waals surface area contributed by atoms with Gasteiger partial charge in [0, 0.05) is 39.3 Å². The third kappa shape index (κ3) is 5.43. The molecule has 0 radical (unpaired) electrons. The second-order valence-electron chi connectivity index (χ2n) is 7.66. The van der Waals surface area contributed by atoms with Crippen molar-refractivity contribution in [3.63, 3.8) is 0 Å². The van der Waals surface area contributed by atoms with Crippen LogP contribution in [0.5, 0.6) is 5.75 Å². The van der Waals surface area contributed by atoms with Crippen LogP contribution >= 0.6 is 0 Å². The number of hydrogen-bond acceptors (Lipinski definition) is 5. The normalized spacial score (nSPS) is 24.9. The zero-order valence-corrected chi connectivity index (χ0v) is 16.3. The minimum atomic E-state index is -0.110. The van der Waals surface area contributed by atoms with Gasteiger partial charge in [-0.15, -0.1) is 0 Å². The quantitative estimate of drug-likeness (QED) is 0.797. The third-order valence-electron chi connectivity index (χ3n) is 5.15. The molecule has 7 heteroatoms. The molecule has 1 aromatic carbocycles. The minimum Gasteiger partial charge on any atom is -0.484 e. The number of amides is 2. The van der Waals surface area contributed by atoms with Crippen LogP contribution in [0.1, 0.15) is 18.4 Å². The third-order valence-corrected chi connectivity index (χ3v) is 5.15. The smallest absolute Gasteiger partial charge is 0.258 e. The summed E-state index contributed by atoms with van der Waals surface area (Å²) >= 11 is 0. The van der Waals surface area contributed by atoms with Crippen molar-refractivity contribution >= 4 is 11.8 Å². The Hall–Kier alpha value is -2.12. The SMILES string of the molecule is Cc1ccc(OCC(=O)N[C@@H]2C[C@H]3CO[C@@H](CC(=O)N(C)C)CN3C2)cc1. The predicted octanol–water partition coefficient (Wildman–Crippen LogP) is 0.810. The Morgan fingerprint density at radius 2 is 2.00 bits per heavy atom. The van der Waals surface area contributed by atoms with E-state index in [1.165, 1.54) is 0 Å². The Morgan fingerprint density at radius 3 is 2.70 bits per heavy atom. The molecule has 0 unspecified atom stereocenters. The predicted molar refractivity (Wildman–Crippen MR) is 102 cm³/mol. The van der Waals surface area contributed by atoms with Crippen molar-refractivity contribution in [3.05, 3.63) is 29.8 Å². The Kier molecular flexibility index (Phi) is 6.34. The van der Waals surface area contributed by atoms with E-state index in [4.69, 9.17) is 9.47 Å². The van der Waals surface area contributed by atoms with Crippen LogP contribution in [0.4, 0.5) is 0 Å². The molecule has 0 aliphatic carbocycles. The highest BCUT2D eigenvalue weighted by molar-refractivity contribution is 5.78. The number of rotatable bonds is 6. The molecule has 2 saturated heterocycles. The largest absolute Gasteiger partial charge is 0.484 e. The molecule has 2 heterocycles. The first-order valence-corrected chi connectivity index (χ1v) is 9.45. The van der Waals surface area contributed by atoms with Gasteiger partial charge in [0.05, 0.1) is 19.1 Å². The lowest BCUT2D eigenvalue weighted by molar-refractivity contribution is -0.134. The van der Waals surface area contributed by atoms with Crippen molar-refractivity contribution in [2.45, 2.75) is 38.0 Å². The summed E-state index contributed by atoms with van der Waals surface area (Å²) in [6, 6.07) is 8.05. The van der Waals surface area contributed by atoms with E-state index in [9.17, 15) is 9.59 Å². The number of fused-ring (bicyclic) bond motifs is 1. The maximum Gasteiger partial charge on any atom is 0.258 e. The highest BCUT2D eigenvalue weighted by Crippen LogP contribution is 2.24. The van der Waals surface area contributed by atoms with E-state index in [-0.39, 0.29) is 30.6 Å². The minimum absolute atomic E-state index is 0.0146. The maximum atomic E-state index is 12.2. The van der Waals surface area contributed by atoms with Gasteiger partial charge < -0.3 is 19.7 Å². The van der Waals surface area contributed by atoms with Gasteiger partial charge in [-0.1, -0.05) is 17.7 Å². The molecule has 0 aromatic heterocycles. The first-order chi connectivity index (χ1) is 12.9. The van der Waals surface area contributed by atoms with Crippen molar-refractivity contribution in [3.8, 4) is 5.75 Å². The van der Waals surface area contributed by atoms with Crippen LogP contribution in [-0.2, 0) is 14.3 Å². The molecule has 2 amide bonds. The number of carbonyl (C=O) groups excluding carboxylic acids is 2. The highest BCUT2D eigenvalue weighted by Gasteiger charge is 2.38. The van der Waals surface area contributed by atoms with Crippen molar-refractivity contribution in [1.82, 2.24) is 15.1 Å². The highest BCUT2D eigenvalue weighted by atomic mass is 16.5. The van der Waals surface area contributed by atoms with E-state index in [2.05, 4.69) is 10.2 Å². The number of ether oxygens (including phenoxy) is 2. The van der Waals surface area contributed by atoms with Crippen molar-refractivity contribution in [1.29, 1.82) is 0 Å². The lowest BCUT2D eigenvalue weighted by Crippen LogP contribution is -2.47. The molecule has 0 bridgehead atoms. The van der Waals surface area contributed by atoms with Crippen molar-refractivity contribution in [2.24, 2.45) is 0 Å². The summed E-state index contributed by atoms with van der Waals surface area (Å²) in [5, 5.41) is 3.05. The molecule has 3 rings (SSSR count). The van der Waals surface area contributed by atoms with Crippen LogP contribution in [0.15, 0.2) is 24.3 Å². The Balaban J connectivity index is 1.42. The van der Waals surface area contributed by atoms with Crippen LogP contribution in [-0.4, -0.2) is 80.2 Å². The summed E-state index contributed by atoms with van der Waals surface area (Å²) in [4.78, 5) is 28.0. The molecular formula is C20H29N3O4. The lowest BCUT2D eigenvalue weighted by atomic mass is 10.1. The van der Waals surface area contributed by atoms with Crippen LogP contribution in [0.3, 0.4) is 0 Å². The summed E-state index contributed by atoms with van der Waals surface area (Å²) in [7, 11) is 3.52. The molecule has 0 spiro atoms. The summed E-state index contributed by atoms with van der Waals surface area (Å²) in [6.07, 6.45) is 1.19. The fourth-order valence-corrected chi connectivity index (χ4v) is 3.60. The Morgan fingerprint density at radius 1 is 1.26 bits per heavy atom. The lowest BCUT2D eigenvalue weighted by Gasteiger charge is -2.35. The molecule has 148 valence electrons. The molecule has 3 atom stereocenters. The van der Waals surface area contributed by atoms with E-state index >= 15 is 0 Å². The molecule has 27 heavy (non-hydrogen) atoms. The Bertz CT molecular complexity index is 662. The average Bonchev–Trinajstić information content (AvgIpc) is 3.02. The van der Waals surface area contributed by atoms with Gasteiger partial charge in [-0.2, -0.15) is 0 Å². The van der Waals surface area contributed by atoms with Crippen LogP contribution in [0.25, 0.3) is 0 Å². The van der Waals surface area contributed by atoms with Crippen LogP contribution < -0.4 is 10.1 Å². The van der Waals surface area contributed by atoms with E-state index in [1.54, 1.807) is 19.0 Å². The number of benzene rings is 1. The molecule has 7 nitrogen and oxygen atoms in total. The summed E-state index contributed by atoms with van der Waals surface area (Å²) < 4.78 is 11.4. The molecule has 1 N–H and O–H groups in total. The molecule has 2 aliphatic rings. The molecular weight excluding hydrogens is 346 g/mol. The van der Waals surface area contributed by atoms with E-state index in [1.807, 2.05) is 31.2 Å². The molecule has 0 saturated carbocycles. The number of nitrogens with zero attached hydrogens (tertiary/aromatic N) is 2. The van der Waals surface area contributed by atoms with E-state index in [0.717, 1.165) is 25.1 Å². The second-order valence-corrected chi connectivity index (χ2v) is 7.66. The monoisotopic (exact) mass is 375 g/mol. The number of hydrogen-bond donors (Lipinski definition) is 1. The van der Waals surface area contributed by atoms with E-state index < -0.39 is 0 Å². The van der Waals surface area contributed by atoms with Gasteiger partial charge in [0.15, 0.2) is 6.61 Å². The standard InChI is InChI=1S/C20H29N3O4/c1-14-4-6-17(7-5-14)27-13-19(24)21-15-8-16-12-26-18(11-23(16)10-15)9-20(25)22(2)3/h4-7,15-16,18H,8-13H2,1-3H3,(H,21,24)/t15-,16+,18+/m1/s1. The summed E-state index contributed by atoms with van der Waals surface area (Å²) in [5.74, 6) is 0.665. The number of carbonyl (C=O) groups is 2. The molecule has 1 aromatic rings. The van der Waals surface area contributed by atoms with Gasteiger partial charge in [0.25, 0.3) is 5.91 Å². The zero-order chi connectivity index (χ0) is 19.4. The maximum absolute atomic E-state index is 12.2. The first-order valence-electron chi connectivity index (χ1n) is 9.45. The van der Waals surface area contributed by atoms with Crippen LogP contribution in [0.2, 0.25) is 0 Å². The topological polar surface area (TPSA) is 71.1 Å². The van der Waals surface area contributed by atoms with Gasteiger partial charge in [-0.05, 0) is 25.5 Å². The van der Waals surface area contributed by atoms with Gasteiger partial charge in [-0.3, -0.25) is 14.5 Å². The fourth-order valence-electron chi connectivity index (χ4n) is 3.60. The number of nitrogens with one attached hydrogen (secondary N) is 1. The van der Waals surface area contributed by atoms with Gasteiger partial charge in [0.2, 0.25) is 5.91 Å². The fraction of sp³-hybridized carbons (Fsp3) is 0.600.